The highest BCUT2D eigenvalue weighted by Crippen LogP contribution is 2.32. The fourth-order valence-electron chi connectivity index (χ4n) is 2.32. The molecule has 0 saturated heterocycles. The number of thiophene rings is 1. The lowest BCUT2D eigenvalue weighted by Gasteiger charge is -2.02. The molecule has 2 heterocycles. The Hall–Kier alpha value is -2.53. The molecular weight excluding hydrogens is 310 g/mol. The van der Waals surface area contributed by atoms with Crippen molar-refractivity contribution in [2.75, 3.05) is 7.11 Å². The number of ether oxygens (including phenoxy) is 1. The van der Waals surface area contributed by atoms with E-state index in [2.05, 4.69) is 5.32 Å². The van der Waals surface area contributed by atoms with Gasteiger partial charge in [-0.05, 0) is 48.4 Å². The second-order valence-corrected chi connectivity index (χ2v) is 6.33. The Morgan fingerprint density at radius 3 is 2.70 bits per heavy atom. The molecule has 0 aliphatic carbocycles. The van der Waals surface area contributed by atoms with E-state index < -0.39 is 0 Å². The maximum absolute atomic E-state index is 12.3. The third-order valence-corrected chi connectivity index (χ3v) is 4.60. The molecule has 2 aromatic heterocycles. The van der Waals surface area contributed by atoms with Crippen LogP contribution in [0.25, 0.3) is 11.1 Å². The first-order chi connectivity index (χ1) is 11.2. The number of aryl methyl sites for hydroxylation is 1. The van der Waals surface area contributed by atoms with Crippen molar-refractivity contribution >= 4 is 17.2 Å². The molecule has 1 aromatic carbocycles. The number of hydrogen-bond donors (Lipinski definition) is 1. The van der Waals surface area contributed by atoms with Gasteiger partial charge in [0.15, 0.2) is 0 Å². The fraction of sp³-hybridized carbons (Fsp3) is 0.167. The van der Waals surface area contributed by atoms with Gasteiger partial charge in [0, 0.05) is 4.88 Å². The number of methoxy groups -OCH3 is 1. The number of benzene rings is 1. The number of carbonyl (C=O) groups excluding carboxylic acids is 1. The van der Waals surface area contributed by atoms with Crippen LogP contribution in [0.3, 0.4) is 0 Å². The van der Waals surface area contributed by atoms with Crippen LogP contribution in [0.4, 0.5) is 0 Å². The number of hydrogen-bond acceptors (Lipinski definition) is 4. The van der Waals surface area contributed by atoms with Crippen LogP contribution in [0.1, 0.15) is 20.3 Å². The summed E-state index contributed by atoms with van der Waals surface area (Å²) in [5, 5.41) is 2.87. The molecule has 3 aromatic rings. The molecule has 0 spiro atoms. The highest BCUT2D eigenvalue weighted by Gasteiger charge is 2.14. The highest BCUT2D eigenvalue weighted by atomic mass is 32.1. The Morgan fingerprint density at radius 1 is 1.26 bits per heavy atom. The van der Waals surface area contributed by atoms with E-state index in [0.29, 0.717) is 11.4 Å². The zero-order chi connectivity index (χ0) is 16.2. The van der Waals surface area contributed by atoms with Crippen LogP contribution >= 0.6 is 11.3 Å². The third kappa shape index (κ3) is 3.46. The van der Waals surface area contributed by atoms with Crippen molar-refractivity contribution in [2.24, 2.45) is 0 Å². The smallest absolute Gasteiger partial charge is 0.261 e. The summed E-state index contributed by atoms with van der Waals surface area (Å²) in [4.78, 5) is 14.1. The van der Waals surface area contributed by atoms with Gasteiger partial charge in [0.25, 0.3) is 5.91 Å². The summed E-state index contributed by atoms with van der Waals surface area (Å²) in [6.45, 7) is 2.41. The van der Waals surface area contributed by atoms with Gasteiger partial charge in [-0.1, -0.05) is 12.1 Å². The predicted octanol–water partition coefficient (Wildman–Crippen LogP) is 4.26. The van der Waals surface area contributed by atoms with Crippen molar-refractivity contribution in [3.05, 3.63) is 64.2 Å². The highest BCUT2D eigenvalue weighted by molar-refractivity contribution is 7.14. The molecule has 23 heavy (non-hydrogen) atoms. The first-order valence-corrected chi connectivity index (χ1v) is 8.04. The van der Waals surface area contributed by atoms with E-state index in [1.807, 2.05) is 43.3 Å². The fourth-order valence-corrected chi connectivity index (χ4v) is 3.28. The lowest BCUT2D eigenvalue weighted by atomic mass is 10.1. The molecule has 0 fully saturated rings. The van der Waals surface area contributed by atoms with Crippen molar-refractivity contribution in [2.45, 2.75) is 13.5 Å². The van der Waals surface area contributed by atoms with E-state index in [4.69, 9.17) is 9.15 Å². The molecule has 4 nitrogen and oxygen atoms in total. The van der Waals surface area contributed by atoms with Crippen molar-refractivity contribution in [1.29, 1.82) is 0 Å². The molecule has 0 unspecified atom stereocenters. The lowest BCUT2D eigenvalue weighted by Crippen LogP contribution is -2.21. The maximum atomic E-state index is 12.3. The summed E-state index contributed by atoms with van der Waals surface area (Å²) in [5.41, 5.74) is 2.14. The second kappa shape index (κ2) is 6.71. The molecule has 3 rings (SSSR count). The Balaban J connectivity index is 1.75. The van der Waals surface area contributed by atoms with Crippen LogP contribution in [-0.2, 0) is 6.54 Å². The van der Waals surface area contributed by atoms with Crippen molar-refractivity contribution < 1.29 is 13.9 Å². The summed E-state index contributed by atoms with van der Waals surface area (Å²) >= 11 is 1.49. The molecule has 1 amide bonds. The molecule has 0 atom stereocenters. The summed E-state index contributed by atoms with van der Waals surface area (Å²) in [5.74, 6) is 1.47. The van der Waals surface area contributed by atoms with Crippen molar-refractivity contribution in [3.63, 3.8) is 0 Å². The van der Waals surface area contributed by atoms with E-state index in [1.165, 1.54) is 11.3 Å². The quantitative estimate of drug-likeness (QED) is 0.762. The minimum Gasteiger partial charge on any atom is -0.497 e. The van der Waals surface area contributed by atoms with Gasteiger partial charge in [-0.25, -0.2) is 0 Å². The van der Waals surface area contributed by atoms with Crippen LogP contribution in [-0.4, -0.2) is 13.0 Å². The average molecular weight is 327 g/mol. The largest absolute Gasteiger partial charge is 0.497 e. The average Bonchev–Trinajstić information content (AvgIpc) is 3.22. The molecular formula is C18H17NO3S. The van der Waals surface area contributed by atoms with E-state index in [1.54, 1.807) is 19.4 Å². The lowest BCUT2D eigenvalue weighted by molar-refractivity contribution is 0.0952. The first kappa shape index (κ1) is 15.4. The van der Waals surface area contributed by atoms with E-state index in [0.717, 1.165) is 27.5 Å². The summed E-state index contributed by atoms with van der Waals surface area (Å²) < 4.78 is 10.4. The SMILES string of the molecule is COc1ccc(-c2cc(C(=O)NCc3ccco3)sc2C)cc1. The van der Waals surface area contributed by atoms with Crippen LogP contribution in [0, 0.1) is 6.92 Å². The Morgan fingerprint density at radius 2 is 2.04 bits per heavy atom. The molecule has 0 radical (unpaired) electrons. The Labute approximate surface area is 138 Å². The van der Waals surface area contributed by atoms with Crippen LogP contribution in [0.2, 0.25) is 0 Å². The van der Waals surface area contributed by atoms with Gasteiger partial charge in [-0.2, -0.15) is 0 Å². The van der Waals surface area contributed by atoms with Crippen LogP contribution in [0.15, 0.2) is 53.1 Å². The topological polar surface area (TPSA) is 51.5 Å². The third-order valence-electron chi connectivity index (χ3n) is 3.55. The number of carbonyl (C=O) groups is 1. The minimum absolute atomic E-state index is 0.0886. The molecule has 0 saturated carbocycles. The van der Waals surface area contributed by atoms with Gasteiger partial charge in [0.1, 0.15) is 11.5 Å². The normalized spacial score (nSPS) is 10.5. The number of furan rings is 1. The van der Waals surface area contributed by atoms with E-state index in [9.17, 15) is 4.79 Å². The Bertz CT molecular complexity index is 788. The number of amides is 1. The molecule has 0 bridgehead atoms. The van der Waals surface area contributed by atoms with Gasteiger partial charge < -0.3 is 14.5 Å². The summed E-state index contributed by atoms with van der Waals surface area (Å²) in [6, 6.07) is 13.4. The van der Waals surface area contributed by atoms with Gasteiger partial charge in [-0.3, -0.25) is 4.79 Å². The monoisotopic (exact) mass is 327 g/mol. The molecule has 1 N–H and O–H groups in total. The zero-order valence-electron chi connectivity index (χ0n) is 13.0. The second-order valence-electron chi connectivity index (χ2n) is 5.07. The van der Waals surface area contributed by atoms with Gasteiger partial charge in [0.2, 0.25) is 0 Å². The standard InChI is InChI=1S/C18H17NO3S/c1-12-16(13-5-7-14(21-2)8-6-13)10-17(23-12)18(20)19-11-15-4-3-9-22-15/h3-10H,11H2,1-2H3,(H,19,20). The van der Waals surface area contributed by atoms with Gasteiger partial charge >= 0.3 is 0 Å². The number of nitrogens with one attached hydrogen (secondary N) is 1. The van der Waals surface area contributed by atoms with Gasteiger partial charge in [0.05, 0.1) is 24.8 Å². The minimum atomic E-state index is -0.0886. The van der Waals surface area contributed by atoms with Crippen molar-refractivity contribution in [1.82, 2.24) is 5.32 Å². The molecule has 0 aliphatic heterocycles. The van der Waals surface area contributed by atoms with Gasteiger partial charge in [-0.15, -0.1) is 11.3 Å². The zero-order valence-corrected chi connectivity index (χ0v) is 13.8. The maximum Gasteiger partial charge on any atom is 0.261 e. The first-order valence-electron chi connectivity index (χ1n) is 7.23. The van der Waals surface area contributed by atoms with Crippen LogP contribution in [0.5, 0.6) is 5.75 Å². The Kier molecular flexibility index (Phi) is 4.48. The number of rotatable bonds is 5. The molecule has 5 heteroatoms. The van der Waals surface area contributed by atoms with E-state index in [-0.39, 0.29) is 5.91 Å². The molecule has 118 valence electrons. The van der Waals surface area contributed by atoms with E-state index >= 15 is 0 Å². The molecule has 0 aliphatic rings. The summed E-state index contributed by atoms with van der Waals surface area (Å²) in [6.07, 6.45) is 1.60. The predicted molar refractivity (Wildman–Crippen MR) is 90.9 cm³/mol. The van der Waals surface area contributed by atoms with Crippen LogP contribution < -0.4 is 10.1 Å². The van der Waals surface area contributed by atoms with Crippen molar-refractivity contribution in [3.8, 4) is 16.9 Å². The summed E-state index contributed by atoms with van der Waals surface area (Å²) in [7, 11) is 1.65.